The zero-order valence-corrected chi connectivity index (χ0v) is 12.7. The van der Waals surface area contributed by atoms with Gasteiger partial charge in [-0.3, -0.25) is 0 Å². The number of carbonyl (C=O) groups is 1. The van der Waals surface area contributed by atoms with E-state index in [1.54, 1.807) is 24.3 Å². The van der Waals surface area contributed by atoms with E-state index in [2.05, 4.69) is 0 Å². The molecule has 6 heteroatoms. The number of carbonyl (C=O) groups excluding carboxylic acids is 1. The lowest BCUT2D eigenvalue weighted by atomic mass is 10.2. The molecule has 2 aromatic rings. The van der Waals surface area contributed by atoms with Crippen molar-refractivity contribution in [1.82, 2.24) is 0 Å². The molecule has 0 atom stereocenters. The second kappa shape index (κ2) is 6.83. The monoisotopic (exact) mass is 317 g/mol. The highest BCUT2D eigenvalue weighted by molar-refractivity contribution is 6.32. The van der Waals surface area contributed by atoms with Crippen molar-refractivity contribution in [3.63, 3.8) is 0 Å². The van der Waals surface area contributed by atoms with Gasteiger partial charge in [-0.25, -0.2) is 4.79 Å². The smallest absolute Gasteiger partial charge is 0.347 e. The number of nitrogens with zero attached hydrogens (tertiary/aromatic N) is 1. The Hall–Kier alpha value is -2.71. The molecule has 0 saturated heterocycles. The Bertz CT molecular complexity index is 752. The van der Waals surface area contributed by atoms with Crippen LogP contribution in [0.4, 0.5) is 0 Å². The summed E-state index contributed by atoms with van der Waals surface area (Å²) in [6, 6.07) is 11.4. The van der Waals surface area contributed by atoms with Crippen molar-refractivity contribution in [1.29, 1.82) is 5.26 Å². The lowest BCUT2D eigenvalue weighted by Gasteiger charge is -2.12. The van der Waals surface area contributed by atoms with E-state index in [-0.39, 0.29) is 22.1 Å². The molecular weight excluding hydrogens is 306 g/mol. The maximum Gasteiger partial charge on any atom is 0.347 e. The van der Waals surface area contributed by atoms with Crippen LogP contribution in [0.2, 0.25) is 5.02 Å². The predicted molar refractivity (Wildman–Crippen MR) is 80.7 cm³/mol. The minimum Gasteiger partial charge on any atom is -0.496 e. The number of nitriles is 1. The number of para-hydroxylation sites is 1. The summed E-state index contributed by atoms with van der Waals surface area (Å²) >= 11 is 6.06. The standard InChI is InChI=1S/C16H12ClNO4/c1-20-13-6-4-3-5-11(13)16(19)22-15-12(17)7-10(9-18)8-14(15)21-2/h3-8H,1-2H3. The van der Waals surface area contributed by atoms with Gasteiger partial charge in [0.2, 0.25) is 0 Å². The second-order valence-electron chi connectivity index (χ2n) is 4.19. The molecule has 0 N–H and O–H groups in total. The minimum atomic E-state index is -0.637. The lowest BCUT2D eigenvalue weighted by Crippen LogP contribution is -2.11. The van der Waals surface area contributed by atoms with Crippen LogP contribution in [0.3, 0.4) is 0 Å². The van der Waals surface area contributed by atoms with Gasteiger partial charge in [0.25, 0.3) is 0 Å². The van der Waals surface area contributed by atoms with Crippen molar-refractivity contribution >= 4 is 17.6 Å². The average Bonchev–Trinajstić information content (AvgIpc) is 2.56. The summed E-state index contributed by atoms with van der Waals surface area (Å²) in [6.07, 6.45) is 0. The molecule has 0 spiro atoms. The van der Waals surface area contributed by atoms with Crippen LogP contribution in [0.5, 0.6) is 17.2 Å². The zero-order chi connectivity index (χ0) is 16.1. The molecule has 0 radical (unpaired) electrons. The summed E-state index contributed by atoms with van der Waals surface area (Å²) < 4.78 is 15.5. The largest absolute Gasteiger partial charge is 0.496 e. The third-order valence-electron chi connectivity index (χ3n) is 2.88. The number of ether oxygens (including phenoxy) is 3. The number of hydrogen-bond donors (Lipinski definition) is 0. The maximum absolute atomic E-state index is 12.3. The summed E-state index contributed by atoms with van der Waals surface area (Å²) in [4.78, 5) is 12.3. The molecule has 0 saturated carbocycles. The molecule has 112 valence electrons. The van der Waals surface area contributed by atoms with Gasteiger partial charge >= 0.3 is 5.97 Å². The third-order valence-corrected chi connectivity index (χ3v) is 3.16. The van der Waals surface area contributed by atoms with Crippen LogP contribution in [0.1, 0.15) is 15.9 Å². The molecule has 0 heterocycles. The third kappa shape index (κ3) is 3.13. The SMILES string of the molecule is COc1ccccc1C(=O)Oc1c(Cl)cc(C#N)cc1OC. The highest BCUT2D eigenvalue weighted by atomic mass is 35.5. The van der Waals surface area contributed by atoms with E-state index in [1.165, 1.54) is 26.4 Å². The molecule has 0 aromatic heterocycles. The predicted octanol–water partition coefficient (Wildman–Crippen LogP) is 3.45. The van der Waals surface area contributed by atoms with E-state index in [9.17, 15) is 4.79 Å². The van der Waals surface area contributed by atoms with E-state index in [1.807, 2.05) is 6.07 Å². The van der Waals surface area contributed by atoms with E-state index >= 15 is 0 Å². The van der Waals surface area contributed by atoms with Crippen molar-refractivity contribution in [3.8, 4) is 23.3 Å². The van der Waals surface area contributed by atoms with Gasteiger partial charge in [-0.05, 0) is 18.2 Å². The number of esters is 1. The number of hydrogen-bond acceptors (Lipinski definition) is 5. The van der Waals surface area contributed by atoms with Crippen LogP contribution >= 0.6 is 11.6 Å². The molecule has 22 heavy (non-hydrogen) atoms. The van der Waals surface area contributed by atoms with Gasteiger partial charge in [0.05, 0.1) is 30.9 Å². The van der Waals surface area contributed by atoms with Gasteiger partial charge in [-0.2, -0.15) is 5.26 Å². The fourth-order valence-electron chi connectivity index (χ4n) is 1.84. The Morgan fingerprint density at radius 2 is 1.82 bits per heavy atom. The molecule has 0 fully saturated rings. The Kier molecular flexibility index (Phi) is 4.87. The fraction of sp³-hybridized carbons (Fsp3) is 0.125. The summed E-state index contributed by atoms with van der Waals surface area (Å²) in [5.41, 5.74) is 0.562. The molecule has 2 rings (SSSR count). The van der Waals surface area contributed by atoms with Crippen LogP contribution in [0, 0.1) is 11.3 Å². The number of rotatable bonds is 4. The van der Waals surface area contributed by atoms with Gasteiger partial charge in [0.15, 0.2) is 11.5 Å². The second-order valence-corrected chi connectivity index (χ2v) is 4.60. The van der Waals surface area contributed by atoms with Crippen LogP contribution in [0.15, 0.2) is 36.4 Å². The molecule has 0 aliphatic rings. The topological polar surface area (TPSA) is 68.5 Å². The number of halogens is 1. The molecule has 0 bridgehead atoms. The number of benzene rings is 2. The van der Waals surface area contributed by atoms with Crippen LogP contribution in [-0.4, -0.2) is 20.2 Å². The Morgan fingerprint density at radius 3 is 2.45 bits per heavy atom. The van der Waals surface area contributed by atoms with Gasteiger partial charge in [0.1, 0.15) is 11.3 Å². The molecule has 0 amide bonds. The first-order valence-electron chi connectivity index (χ1n) is 6.23. The molecule has 2 aromatic carbocycles. The summed E-state index contributed by atoms with van der Waals surface area (Å²) in [5, 5.41) is 9.02. The molecule has 0 aliphatic carbocycles. The normalized spacial score (nSPS) is 9.73. The fourth-order valence-corrected chi connectivity index (χ4v) is 2.09. The first kappa shape index (κ1) is 15.7. The van der Waals surface area contributed by atoms with Crippen molar-refractivity contribution in [2.45, 2.75) is 0 Å². The van der Waals surface area contributed by atoms with Gasteiger partial charge in [-0.1, -0.05) is 23.7 Å². The summed E-state index contributed by atoms with van der Waals surface area (Å²) in [7, 11) is 2.86. The summed E-state index contributed by atoms with van der Waals surface area (Å²) in [6.45, 7) is 0. The molecular formula is C16H12ClNO4. The Labute approximate surface area is 132 Å². The lowest BCUT2D eigenvalue weighted by molar-refractivity contribution is 0.0726. The van der Waals surface area contributed by atoms with Crippen LogP contribution in [-0.2, 0) is 0 Å². The van der Waals surface area contributed by atoms with E-state index in [0.717, 1.165) is 0 Å². The van der Waals surface area contributed by atoms with Gasteiger partial charge in [0, 0.05) is 6.07 Å². The van der Waals surface area contributed by atoms with Crippen molar-refractivity contribution in [3.05, 3.63) is 52.5 Å². The van der Waals surface area contributed by atoms with Gasteiger partial charge in [-0.15, -0.1) is 0 Å². The van der Waals surface area contributed by atoms with Crippen LogP contribution < -0.4 is 14.2 Å². The summed E-state index contributed by atoms with van der Waals surface area (Å²) in [5.74, 6) is 0.00460. The number of methoxy groups -OCH3 is 2. The molecule has 0 aliphatic heterocycles. The van der Waals surface area contributed by atoms with Crippen molar-refractivity contribution in [2.24, 2.45) is 0 Å². The van der Waals surface area contributed by atoms with Gasteiger partial charge < -0.3 is 14.2 Å². The van der Waals surface area contributed by atoms with Crippen molar-refractivity contribution in [2.75, 3.05) is 14.2 Å². The first-order valence-corrected chi connectivity index (χ1v) is 6.61. The molecule has 0 unspecified atom stereocenters. The Balaban J connectivity index is 2.39. The zero-order valence-electron chi connectivity index (χ0n) is 11.9. The average molecular weight is 318 g/mol. The van der Waals surface area contributed by atoms with Crippen LogP contribution in [0.25, 0.3) is 0 Å². The van der Waals surface area contributed by atoms with E-state index < -0.39 is 5.97 Å². The minimum absolute atomic E-state index is 0.0547. The maximum atomic E-state index is 12.3. The first-order chi connectivity index (χ1) is 10.6. The highest BCUT2D eigenvalue weighted by Gasteiger charge is 2.19. The highest BCUT2D eigenvalue weighted by Crippen LogP contribution is 2.37. The molecule has 5 nitrogen and oxygen atoms in total. The quantitative estimate of drug-likeness (QED) is 0.638. The van der Waals surface area contributed by atoms with E-state index in [0.29, 0.717) is 11.3 Å². The van der Waals surface area contributed by atoms with E-state index in [4.69, 9.17) is 31.1 Å². The van der Waals surface area contributed by atoms with Crippen molar-refractivity contribution < 1.29 is 19.0 Å². The Morgan fingerprint density at radius 1 is 1.14 bits per heavy atom.